The number of imide groups is 1. The van der Waals surface area contributed by atoms with Crippen molar-refractivity contribution in [1.82, 2.24) is 20.5 Å². The standard InChI is InChI=1S/C12H12ClN5O2S/c13-8-3-1-7(2-4-8)10-16-12(18-17-10)21-6-5-9(19)15-11(14)20/h1-4H,5-6H2,(H,16,17,18)(H3,14,15,19,20). The van der Waals surface area contributed by atoms with Crippen molar-refractivity contribution in [3.8, 4) is 11.4 Å². The first kappa shape index (κ1) is 15.3. The van der Waals surface area contributed by atoms with Gasteiger partial charge >= 0.3 is 6.03 Å². The van der Waals surface area contributed by atoms with Gasteiger partial charge in [-0.3, -0.25) is 15.2 Å². The van der Waals surface area contributed by atoms with Crippen LogP contribution in [-0.4, -0.2) is 32.9 Å². The number of aromatic nitrogens is 3. The van der Waals surface area contributed by atoms with E-state index in [1.807, 2.05) is 17.4 Å². The third kappa shape index (κ3) is 4.76. The summed E-state index contributed by atoms with van der Waals surface area (Å²) in [6.07, 6.45) is 0.151. The smallest absolute Gasteiger partial charge is 0.318 e. The molecular formula is C12H12ClN5O2S. The van der Waals surface area contributed by atoms with Crippen molar-refractivity contribution >= 4 is 35.3 Å². The minimum absolute atomic E-state index is 0.151. The third-order valence-electron chi connectivity index (χ3n) is 2.41. The van der Waals surface area contributed by atoms with Crippen LogP contribution in [0.15, 0.2) is 29.4 Å². The molecule has 0 spiro atoms. The number of hydrogen-bond acceptors (Lipinski definition) is 5. The number of primary amides is 1. The highest BCUT2D eigenvalue weighted by atomic mass is 35.5. The molecule has 1 heterocycles. The first-order valence-electron chi connectivity index (χ1n) is 5.95. The number of nitrogens with one attached hydrogen (secondary N) is 2. The highest BCUT2D eigenvalue weighted by Gasteiger charge is 2.08. The number of urea groups is 1. The molecule has 7 nitrogen and oxygen atoms in total. The average molecular weight is 326 g/mol. The minimum Gasteiger partial charge on any atom is -0.351 e. The quantitative estimate of drug-likeness (QED) is 0.725. The summed E-state index contributed by atoms with van der Waals surface area (Å²) in [5.74, 6) is 0.635. The van der Waals surface area contributed by atoms with Crippen LogP contribution in [-0.2, 0) is 4.79 Å². The van der Waals surface area contributed by atoms with E-state index in [2.05, 4.69) is 15.2 Å². The molecule has 0 atom stereocenters. The maximum absolute atomic E-state index is 11.2. The van der Waals surface area contributed by atoms with E-state index in [9.17, 15) is 9.59 Å². The van der Waals surface area contributed by atoms with E-state index >= 15 is 0 Å². The van der Waals surface area contributed by atoms with E-state index in [4.69, 9.17) is 17.3 Å². The summed E-state index contributed by atoms with van der Waals surface area (Å²) in [6.45, 7) is 0. The molecule has 0 unspecified atom stereocenters. The van der Waals surface area contributed by atoms with E-state index < -0.39 is 11.9 Å². The molecule has 2 aromatic rings. The molecule has 21 heavy (non-hydrogen) atoms. The van der Waals surface area contributed by atoms with Gasteiger partial charge < -0.3 is 5.73 Å². The Morgan fingerprint density at radius 3 is 2.71 bits per heavy atom. The van der Waals surface area contributed by atoms with Crippen molar-refractivity contribution in [1.29, 1.82) is 0 Å². The van der Waals surface area contributed by atoms with Gasteiger partial charge in [-0.15, -0.1) is 5.10 Å². The fourth-order valence-corrected chi connectivity index (χ4v) is 2.34. The van der Waals surface area contributed by atoms with Crippen LogP contribution in [0.4, 0.5) is 4.79 Å². The second-order valence-corrected chi connectivity index (χ2v) is 5.48. The second-order valence-electron chi connectivity index (χ2n) is 3.98. The Kier molecular flexibility index (Phi) is 5.18. The van der Waals surface area contributed by atoms with E-state index in [-0.39, 0.29) is 6.42 Å². The summed E-state index contributed by atoms with van der Waals surface area (Å²) in [6, 6.07) is 6.34. The SMILES string of the molecule is NC(=O)NC(=O)CCSc1n[nH]c(-c2ccc(Cl)cc2)n1. The maximum atomic E-state index is 11.2. The van der Waals surface area contributed by atoms with E-state index in [1.54, 1.807) is 12.1 Å². The first-order chi connectivity index (χ1) is 10.0. The molecule has 0 aliphatic carbocycles. The zero-order chi connectivity index (χ0) is 15.2. The lowest BCUT2D eigenvalue weighted by Crippen LogP contribution is -2.35. The number of carbonyl (C=O) groups is 2. The van der Waals surface area contributed by atoms with Crippen LogP contribution in [0.3, 0.4) is 0 Å². The molecular weight excluding hydrogens is 314 g/mol. The van der Waals surface area contributed by atoms with Crippen LogP contribution in [0.2, 0.25) is 5.02 Å². The number of rotatable bonds is 5. The summed E-state index contributed by atoms with van der Waals surface area (Å²) in [5, 5.41) is 10.0. The number of nitrogens with zero attached hydrogens (tertiary/aromatic N) is 2. The highest BCUT2D eigenvalue weighted by Crippen LogP contribution is 2.21. The highest BCUT2D eigenvalue weighted by molar-refractivity contribution is 7.99. The molecule has 9 heteroatoms. The van der Waals surface area contributed by atoms with Gasteiger partial charge in [0.2, 0.25) is 11.1 Å². The summed E-state index contributed by atoms with van der Waals surface area (Å²) < 4.78 is 0. The summed E-state index contributed by atoms with van der Waals surface area (Å²) in [7, 11) is 0. The lowest BCUT2D eigenvalue weighted by Gasteiger charge is -1.98. The van der Waals surface area contributed by atoms with Crippen LogP contribution in [0.1, 0.15) is 6.42 Å². The number of benzene rings is 1. The number of carbonyl (C=O) groups excluding carboxylic acids is 2. The molecule has 1 aromatic carbocycles. The molecule has 0 bridgehead atoms. The number of thioether (sulfide) groups is 1. The molecule has 0 aliphatic rings. The van der Waals surface area contributed by atoms with Gasteiger partial charge in [0.15, 0.2) is 5.82 Å². The zero-order valence-electron chi connectivity index (χ0n) is 10.8. The Bertz CT molecular complexity index is 643. The van der Waals surface area contributed by atoms with Crippen molar-refractivity contribution in [2.75, 3.05) is 5.75 Å². The Labute approximate surface area is 129 Å². The van der Waals surface area contributed by atoms with Gasteiger partial charge in [-0.25, -0.2) is 9.78 Å². The summed E-state index contributed by atoms with van der Waals surface area (Å²) in [5.41, 5.74) is 5.70. The number of halogens is 1. The number of amides is 3. The molecule has 0 fully saturated rings. The Morgan fingerprint density at radius 1 is 1.33 bits per heavy atom. The van der Waals surface area contributed by atoms with E-state index in [1.165, 1.54) is 11.8 Å². The molecule has 0 aliphatic heterocycles. The van der Waals surface area contributed by atoms with Crippen LogP contribution < -0.4 is 11.1 Å². The molecule has 1 aromatic heterocycles. The van der Waals surface area contributed by atoms with Crippen molar-refractivity contribution in [2.45, 2.75) is 11.6 Å². The van der Waals surface area contributed by atoms with Gasteiger partial charge in [-0.2, -0.15) is 0 Å². The maximum Gasteiger partial charge on any atom is 0.318 e. The number of hydrogen-bond donors (Lipinski definition) is 3. The van der Waals surface area contributed by atoms with Crippen LogP contribution in [0.25, 0.3) is 11.4 Å². The fourth-order valence-electron chi connectivity index (χ4n) is 1.48. The molecule has 4 N–H and O–H groups in total. The average Bonchev–Trinajstić information content (AvgIpc) is 2.87. The van der Waals surface area contributed by atoms with Crippen molar-refractivity contribution in [2.24, 2.45) is 5.73 Å². The summed E-state index contributed by atoms with van der Waals surface area (Å²) in [4.78, 5) is 26.0. The fraction of sp³-hybridized carbons (Fsp3) is 0.167. The van der Waals surface area contributed by atoms with Crippen molar-refractivity contribution < 1.29 is 9.59 Å². The molecule has 0 saturated carbocycles. The van der Waals surface area contributed by atoms with Crippen LogP contribution in [0, 0.1) is 0 Å². The van der Waals surface area contributed by atoms with Crippen LogP contribution in [0.5, 0.6) is 0 Å². The second kappa shape index (κ2) is 7.09. The molecule has 0 radical (unpaired) electrons. The van der Waals surface area contributed by atoms with Gasteiger partial charge in [0, 0.05) is 22.8 Å². The normalized spacial score (nSPS) is 10.3. The predicted octanol–water partition coefficient (Wildman–Crippen LogP) is 1.80. The summed E-state index contributed by atoms with van der Waals surface area (Å²) >= 11 is 7.12. The largest absolute Gasteiger partial charge is 0.351 e. The van der Waals surface area contributed by atoms with E-state index in [0.29, 0.717) is 21.8 Å². The van der Waals surface area contributed by atoms with Crippen molar-refractivity contribution in [3.05, 3.63) is 29.3 Å². The number of nitrogens with two attached hydrogens (primary N) is 1. The zero-order valence-corrected chi connectivity index (χ0v) is 12.4. The number of aromatic amines is 1. The van der Waals surface area contributed by atoms with Crippen LogP contribution >= 0.6 is 23.4 Å². The van der Waals surface area contributed by atoms with E-state index in [0.717, 1.165) is 5.56 Å². The molecule has 110 valence electrons. The Morgan fingerprint density at radius 2 is 2.05 bits per heavy atom. The monoisotopic (exact) mass is 325 g/mol. The molecule has 2 rings (SSSR count). The Hall–Kier alpha value is -2.06. The molecule has 3 amide bonds. The predicted molar refractivity (Wildman–Crippen MR) is 79.9 cm³/mol. The third-order valence-corrected chi connectivity index (χ3v) is 3.51. The van der Waals surface area contributed by atoms with Gasteiger partial charge in [-0.1, -0.05) is 23.4 Å². The first-order valence-corrected chi connectivity index (χ1v) is 7.31. The molecule has 0 saturated heterocycles. The van der Waals surface area contributed by atoms with Gasteiger partial charge in [0.25, 0.3) is 0 Å². The topological polar surface area (TPSA) is 114 Å². The van der Waals surface area contributed by atoms with Gasteiger partial charge in [0.05, 0.1) is 0 Å². The lowest BCUT2D eigenvalue weighted by molar-refractivity contribution is -0.119. The van der Waals surface area contributed by atoms with Crippen molar-refractivity contribution in [3.63, 3.8) is 0 Å². The van der Waals surface area contributed by atoms with Gasteiger partial charge in [-0.05, 0) is 24.3 Å². The Balaban J connectivity index is 1.87. The number of H-pyrrole nitrogens is 1. The minimum atomic E-state index is -0.854. The van der Waals surface area contributed by atoms with Gasteiger partial charge in [0.1, 0.15) is 0 Å². The lowest BCUT2D eigenvalue weighted by atomic mass is 10.2.